The smallest absolute Gasteiger partial charge is 0.283 e. The van der Waals surface area contributed by atoms with Crippen molar-refractivity contribution in [3.05, 3.63) is 99.8 Å². The number of fused-ring (bicyclic) bond motifs is 3. The van der Waals surface area contributed by atoms with E-state index in [0.717, 1.165) is 33.4 Å². The van der Waals surface area contributed by atoms with Crippen LogP contribution in [0.1, 0.15) is 16.7 Å². The number of aromatic amines is 1. The molecule has 5 rings (SSSR count). The standard InChI is InChI=1S/C25H21N3OS/c1-16-10-12-19(13-11-16)28-24(29)23-22(20-8-3-4-9-21(20)26-23)27-25(28)30-15-18-7-5-6-17(2)14-18/h3-14,26H,15H2,1-2H3. The molecule has 0 radical (unpaired) electrons. The van der Waals surface area contributed by atoms with Gasteiger partial charge in [-0.3, -0.25) is 9.36 Å². The Morgan fingerprint density at radius 1 is 0.933 bits per heavy atom. The Morgan fingerprint density at radius 3 is 2.53 bits per heavy atom. The van der Waals surface area contributed by atoms with Gasteiger partial charge in [0.15, 0.2) is 5.16 Å². The molecule has 148 valence electrons. The second kappa shape index (κ2) is 7.50. The predicted octanol–water partition coefficient (Wildman–Crippen LogP) is 5.78. The van der Waals surface area contributed by atoms with E-state index in [-0.39, 0.29) is 5.56 Å². The van der Waals surface area contributed by atoms with Crippen LogP contribution in [0.15, 0.2) is 82.7 Å². The Bertz CT molecular complexity index is 1430. The van der Waals surface area contributed by atoms with Crippen molar-refractivity contribution >= 4 is 33.7 Å². The van der Waals surface area contributed by atoms with Crippen molar-refractivity contribution in [3.63, 3.8) is 0 Å². The fourth-order valence-electron chi connectivity index (χ4n) is 3.71. The molecule has 0 spiro atoms. The van der Waals surface area contributed by atoms with Gasteiger partial charge in [0.05, 0.1) is 5.69 Å². The number of benzene rings is 3. The van der Waals surface area contributed by atoms with E-state index >= 15 is 0 Å². The highest BCUT2D eigenvalue weighted by Crippen LogP contribution is 2.28. The highest BCUT2D eigenvalue weighted by atomic mass is 32.2. The molecule has 30 heavy (non-hydrogen) atoms. The molecule has 4 nitrogen and oxygen atoms in total. The molecule has 0 saturated heterocycles. The van der Waals surface area contributed by atoms with Gasteiger partial charge in [0.1, 0.15) is 11.0 Å². The van der Waals surface area contributed by atoms with Crippen molar-refractivity contribution in [1.82, 2.24) is 14.5 Å². The molecule has 0 fully saturated rings. The van der Waals surface area contributed by atoms with Crippen LogP contribution in [0.4, 0.5) is 0 Å². The topological polar surface area (TPSA) is 50.7 Å². The van der Waals surface area contributed by atoms with Gasteiger partial charge in [0.25, 0.3) is 5.56 Å². The molecule has 0 atom stereocenters. The maximum Gasteiger partial charge on any atom is 0.283 e. The summed E-state index contributed by atoms with van der Waals surface area (Å²) in [5.41, 5.74) is 6.53. The first-order valence-electron chi connectivity index (χ1n) is 9.89. The minimum atomic E-state index is -0.0770. The molecule has 0 aliphatic rings. The van der Waals surface area contributed by atoms with Crippen molar-refractivity contribution in [2.24, 2.45) is 0 Å². The van der Waals surface area contributed by atoms with E-state index in [0.29, 0.717) is 10.7 Å². The molecule has 0 bridgehead atoms. The van der Waals surface area contributed by atoms with Gasteiger partial charge < -0.3 is 4.98 Å². The number of hydrogen-bond acceptors (Lipinski definition) is 3. The number of aromatic nitrogens is 3. The van der Waals surface area contributed by atoms with Crippen LogP contribution in [0.25, 0.3) is 27.6 Å². The fraction of sp³-hybridized carbons (Fsp3) is 0.120. The van der Waals surface area contributed by atoms with Crippen LogP contribution in [0.5, 0.6) is 0 Å². The lowest BCUT2D eigenvalue weighted by molar-refractivity contribution is 0.818. The summed E-state index contributed by atoms with van der Waals surface area (Å²) in [7, 11) is 0. The van der Waals surface area contributed by atoms with Gasteiger partial charge in [0.2, 0.25) is 0 Å². The number of nitrogens with one attached hydrogen (secondary N) is 1. The van der Waals surface area contributed by atoms with Crippen LogP contribution in [-0.4, -0.2) is 14.5 Å². The van der Waals surface area contributed by atoms with E-state index < -0.39 is 0 Å². The van der Waals surface area contributed by atoms with Crippen LogP contribution in [0.2, 0.25) is 0 Å². The molecule has 1 N–H and O–H groups in total. The fourth-order valence-corrected chi connectivity index (χ4v) is 4.66. The SMILES string of the molecule is Cc1ccc(-n2c(SCc3cccc(C)c3)nc3c([nH]c4ccccc43)c2=O)cc1. The summed E-state index contributed by atoms with van der Waals surface area (Å²) in [4.78, 5) is 21.8. The normalized spacial score (nSPS) is 11.4. The first-order valence-corrected chi connectivity index (χ1v) is 10.9. The first kappa shape index (κ1) is 18.7. The lowest BCUT2D eigenvalue weighted by atomic mass is 10.2. The lowest BCUT2D eigenvalue weighted by Crippen LogP contribution is -2.21. The number of rotatable bonds is 4. The van der Waals surface area contributed by atoms with Gasteiger partial charge in [-0.1, -0.05) is 77.5 Å². The molecule has 2 aromatic heterocycles. The van der Waals surface area contributed by atoms with Crippen LogP contribution >= 0.6 is 11.8 Å². The van der Waals surface area contributed by atoms with Crippen LogP contribution in [0, 0.1) is 13.8 Å². The third-order valence-corrected chi connectivity index (χ3v) is 6.25. The number of nitrogens with zero attached hydrogens (tertiary/aromatic N) is 2. The minimum absolute atomic E-state index is 0.0770. The van der Waals surface area contributed by atoms with Gasteiger partial charge in [-0.15, -0.1) is 0 Å². The highest BCUT2D eigenvalue weighted by molar-refractivity contribution is 7.98. The number of thioether (sulfide) groups is 1. The Kier molecular flexibility index (Phi) is 4.68. The maximum absolute atomic E-state index is 13.5. The van der Waals surface area contributed by atoms with Gasteiger partial charge in [0, 0.05) is 16.7 Å². The van der Waals surface area contributed by atoms with Crippen LogP contribution < -0.4 is 5.56 Å². The predicted molar refractivity (Wildman–Crippen MR) is 125 cm³/mol. The quantitative estimate of drug-likeness (QED) is 0.301. The molecule has 0 aliphatic heterocycles. The van der Waals surface area contributed by atoms with Crippen molar-refractivity contribution in [1.29, 1.82) is 0 Å². The molecular formula is C25H21N3OS. The average Bonchev–Trinajstić information content (AvgIpc) is 3.12. The van der Waals surface area contributed by atoms with E-state index in [1.807, 2.05) is 55.5 Å². The number of hydrogen-bond donors (Lipinski definition) is 1. The van der Waals surface area contributed by atoms with Crippen molar-refractivity contribution in [2.45, 2.75) is 24.8 Å². The number of para-hydroxylation sites is 1. The van der Waals surface area contributed by atoms with Gasteiger partial charge in [-0.25, -0.2) is 4.98 Å². The highest BCUT2D eigenvalue weighted by Gasteiger charge is 2.17. The monoisotopic (exact) mass is 411 g/mol. The summed E-state index contributed by atoms with van der Waals surface area (Å²) < 4.78 is 1.72. The molecule has 2 heterocycles. The Hall–Kier alpha value is -3.31. The van der Waals surface area contributed by atoms with Crippen molar-refractivity contribution < 1.29 is 0 Å². The first-order chi connectivity index (χ1) is 14.6. The summed E-state index contributed by atoms with van der Waals surface area (Å²) in [5, 5.41) is 1.67. The summed E-state index contributed by atoms with van der Waals surface area (Å²) in [5.74, 6) is 0.744. The van der Waals surface area contributed by atoms with E-state index in [4.69, 9.17) is 4.98 Å². The van der Waals surface area contributed by atoms with Crippen LogP contribution in [0.3, 0.4) is 0 Å². The molecule has 5 aromatic rings. The Morgan fingerprint density at radius 2 is 1.73 bits per heavy atom. The molecule has 0 aliphatic carbocycles. The molecule has 0 unspecified atom stereocenters. The number of H-pyrrole nitrogens is 1. The number of aryl methyl sites for hydroxylation is 2. The second-order valence-corrected chi connectivity index (χ2v) is 8.48. The second-order valence-electron chi connectivity index (χ2n) is 7.54. The summed E-state index contributed by atoms with van der Waals surface area (Å²) in [6.07, 6.45) is 0. The largest absolute Gasteiger partial charge is 0.349 e. The molecule has 0 amide bonds. The van der Waals surface area contributed by atoms with Crippen molar-refractivity contribution in [2.75, 3.05) is 0 Å². The third-order valence-electron chi connectivity index (χ3n) is 5.24. The zero-order valence-electron chi connectivity index (χ0n) is 16.8. The van der Waals surface area contributed by atoms with Crippen LogP contribution in [-0.2, 0) is 5.75 Å². The van der Waals surface area contributed by atoms with E-state index in [9.17, 15) is 4.79 Å². The Balaban J connectivity index is 1.71. The minimum Gasteiger partial charge on any atom is -0.349 e. The summed E-state index contributed by atoms with van der Waals surface area (Å²) in [6, 6.07) is 24.3. The molecular weight excluding hydrogens is 390 g/mol. The van der Waals surface area contributed by atoms with Gasteiger partial charge in [-0.05, 0) is 37.6 Å². The van der Waals surface area contributed by atoms with E-state index in [1.54, 1.807) is 16.3 Å². The van der Waals surface area contributed by atoms with E-state index in [1.165, 1.54) is 11.1 Å². The zero-order valence-corrected chi connectivity index (χ0v) is 17.7. The van der Waals surface area contributed by atoms with Gasteiger partial charge >= 0.3 is 0 Å². The summed E-state index contributed by atoms with van der Waals surface area (Å²) >= 11 is 1.59. The molecule has 0 saturated carbocycles. The maximum atomic E-state index is 13.5. The van der Waals surface area contributed by atoms with Gasteiger partial charge in [-0.2, -0.15) is 0 Å². The molecule has 3 aromatic carbocycles. The third kappa shape index (κ3) is 3.31. The Labute approximate surface area is 178 Å². The van der Waals surface area contributed by atoms with Crippen molar-refractivity contribution in [3.8, 4) is 5.69 Å². The summed E-state index contributed by atoms with van der Waals surface area (Å²) in [6.45, 7) is 4.13. The average molecular weight is 412 g/mol. The molecule has 5 heteroatoms. The lowest BCUT2D eigenvalue weighted by Gasteiger charge is -2.12. The zero-order chi connectivity index (χ0) is 20.7. The van der Waals surface area contributed by atoms with E-state index in [2.05, 4.69) is 36.2 Å².